The van der Waals surface area contributed by atoms with Crippen molar-refractivity contribution >= 4 is 0 Å². The van der Waals surface area contributed by atoms with Crippen molar-refractivity contribution in [3.63, 3.8) is 0 Å². The van der Waals surface area contributed by atoms with Crippen LogP contribution in [-0.2, 0) is 0 Å². The number of hydrogen-bond donors (Lipinski definition) is 2. The van der Waals surface area contributed by atoms with Crippen LogP contribution in [0.25, 0.3) is 0 Å². The van der Waals surface area contributed by atoms with E-state index in [9.17, 15) is 0 Å². The molecule has 0 aromatic heterocycles. The van der Waals surface area contributed by atoms with Crippen LogP contribution in [0.4, 0.5) is 0 Å². The normalized spacial score (nSPS) is 10.9. The van der Waals surface area contributed by atoms with Crippen molar-refractivity contribution in [3.8, 4) is 0 Å². The van der Waals surface area contributed by atoms with E-state index in [1.807, 2.05) is 13.8 Å². The molecule has 108 valence electrons. The van der Waals surface area contributed by atoms with Gasteiger partial charge in [0.15, 0.2) is 0 Å². The molecule has 2 N–H and O–H groups in total. The van der Waals surface area contributed by atoms with Crippen LogP contribution < -0.4 is 0 Å². The fourth-order valence-corrected chi connectivity index (χ4v) is 1.43. The first-order valence-electron chi connectivity index (χ1n) is 7.27. The van der Waals surface area contributed by atoms with Crippen LogP contribution in [0, 0.1) is 0 Å². The van der Waals surface area contributed by atoms with Crippen molar-refractivity contribution in [1.29, 1.82) is 0 Å². The average Bonchev–Trinajstić information content (AvgIpc) is 2.39. The lowest BCUT2D eigenvalue weighted by atomic mass is 10.2. The Morgan fingerprint density at radius 3 is 1.28 bits per heavy atom. The van der Waals surface area contributed by atoms with E-state index in [0.29, 0.717) is 13.2 Å². The fourth-order valence-electron chi connectivity index (χ4n) is 1.43. The number of allylic oxidation sites excluding steroid dienone is 4. The van der Waals surface area contributed by atoms with Gasteiger partial charge in [0.25, 0.3) is 0 Å². The second-order valence-corrected chi connectivity index (χ2v) is 4.28. The molecule has 0 heterocycles. The molecule has 0 radical (unpaired) electrons. The quantitative estimate of drug-likeness (QED) is 0.453. The van der Waals surface area contributed by atoms with Crippen molar-refractivity contribution in [2.45, 2.75) is 65.2 Å². The molecule has 0 unspecified atom stereocenters. The Morgan fingerprint density at radius 2 is 1.00 bits per heavy atom. The highest BCUT2D eigenvalue weighted by molar-refractivity contribution is 4.76. The van der Waals surface area contributed by atoms with Gasteiger partial charge in [-0.3, -0.25) is 0 Å². The monoisotopic (exact) mass is 256 g/mol. The van der Waals surface area contributed by atoms with Gasteiger partial charge in [0, 0.05) is 13.2 Å². The number of unbranched alkanes of at least 4 members (excludes halogenated alkanes) is 6. The Kier molecular flexibility index (Phi) is 23.7. The maximum atomic E-state index is 8.40. The van der Waals surface area contributed by atoms with E-state index in [-0.39, 0.29) is 0 Å². The summed E-state index contributed by atoms with van der Waals surface area (Å²) < 4.78 is 0. The molecule has 0 fully saturated rings. The maximum Gasteiger partial charge on any atom is 0.0431 e. The van der Waals surface area contributed by atoms with Gasteiger partial charge < -0.3 is 10.2 Å². The zero-order valence-corrected chi connectivity index (χ0v) is 12.3. The summed E-state index contributed by atoms with van der Waals surface area (Å²) in [6, 6.07) is 0. The minimum absolute atomic E-state index is 0.343. The van der Waals surface area contributed by atoms with Crippen molar-refractivity contribution in [2.75, 3.05) is 13.2 Å². The van der Waals surface area contributed by atoms with Crippen LogP contribution in [0.5, 0.6) is 0 Å². The van der Waals surface area contributed by atoms with Crippen LogP contribution in [0.3, 0.4) is 0 Å². The highest BCUT2D eigenvalue weighted by Crippen LogP contribution is 1.99. The van der Waals surface area contributed by atoms with Crippen LogP contribution in [0.1, 0.15) is 65.2 Å². The molecule has 0 amide bonds. The van der Waals surface area contributed by atoms with Crippen LogP contribution in [0.15, 0.2) is 24.3 Å². The highest BCUT2D eigenvalue weighted by Gasteiger charge is 1.83. The summed E-state index contributed by atoms with van der Waals surface area (Å²) in [5, 5.41) is 16.8. The molecule has 0 aliphatic carbocycles. The SMILES string of the molecule is CC=CCCCCCO.CC=CCCCCCO. The van der Waals surface area contributed by atoms with E-state index in [2.05, 4.69) is 24.3 Å². The minimum Gasteiger partial charge on any atom is -0.396 e. The summed E-state index contributed by atoms with van der Waals surface area (Å²) in [6.45, 7) is 4.75. The first-order valence-corrected chi connectivity index (χ1v) is 7.27. The van der Waals surface area contributed by atoms with Gasteiger partial charge in [0.2, 0.25) is 0 Å². The smallest absolute Gasteiger partial charge is 0.0431 e. The maximum absolute atomic E-state index is 8.40. The Bertz CT molecular complexity index is 154. The number of hydrogen-bond acceptors (Lipinski definition) is 2. The van der Waals surface area contributed by atoms with Gasteiger partial charge in [0.05, 0.1) is 0 Å². The molecular formula is C16H32O2. The summed E-state index contributed by atoms with van der Waals surface area (Å²) in [6.07, 6.45) is 17.4. The Labute approximate surface area is 113 Å². The van der Waals surface area contributed by atoms with Gasteiger partial charge in [-0.2, -0.15) is 0 Å². The van der Waals surface area contributed by atoms with E-state index in [1.165, 1.54) is 12.8 Å². The largest absolute Gasteiger partial charge is 0.396 e. The molecule has 0 aliphatic rings. The lowest BCUT2D eigenvalue weighted by molar-refractivity contribution is 0.283. The van der Waals surface area contributed by atoms with Gasteiger partial charge in [-0.05, 0) is 52.4 Å². The second-order valence-electron chi connectivity index (χ2n) is 4.28. The molecule has 0 spiro atoms. The average molecular weight is 256 g/mol. The third kappa shape index (κ3) is 24.6. The number of rotatable bonds is 10. The first kappa shape index (κ1) is 19.7. The van der Waals surface area contributed by atoms with Gasteiger partial charge in [-0.1, -0.05) is 37.1 Å². The number of aliphatic hydroxyl groups excluding tert-OH is 2. The van der Waals surface area contributed by atoms with Crippen LogP contribution in [-0.4, -0.2) is 23.4 Å². The van der Waals surface area contributed by atoms with E-state index < -0.39 is 0 Å². The number of aliphatic hydroxyl groups is 2. The lowest BCUT2D eigenvalue weighted by Crippen LogP contribution is -1.81. The van der Waals surface area contributed by atoms with E-state index in [0.717, 1.165) is 38.5 Å². The Morgan fingerprint density at radius 1 is 0.611 bits per heavy atom. The molecule has 0 atom stereocenters. The second kappa shape index (κ2) is 21.7. The lowest BCUT2D eigenvalue weighted by Gasteiger charge is -1.92. The zero-order chi connectivity index (χ0) is 13.9. The molecule has 0 aromatic rings. The van der Waals surface area contributed by atoms with Gasteiger partial charge >= 0.3 is 0 Å². The van der Waals surface area contributed by atoms with Crippen molar-refractivity contribution in [3.05, 3.63) is 24.3 Å². The predicted molar refractivity (Wildman–Crippen MR) is 80.7 cm³/mol. The van der Waals surface area contributed by atoms with Crippen molar-refractivity contribution < 1.29 is 10.2 Å². The summed E-state index contributed by atoms with van der Waals surface area (Å²) in [4.78, 5) is 0. The molecule has 0 saturated carbocycles. The summed E-state index contributed by atoms with van der Waals surface area (Å²) >= 11 is 0. The van der Waals surface area contributed by atoms with Gasteiger partial charge in [0.1, 0.15) is 0 Å². The zero-order valence-electron chi connectivity index (χ0n) is 12.3. The molecule has 0 rings (SSSR count). The van der Waals surface area contributed by atoms with E-state index in [4.69, 9.17) is 10.2 Å². The van der Waals surface area contributed by atoms with Crippen LogP contribution >= 0.6 is 0 Å². The van der Waals surface area contributed by atoms with E-state index >= 15 is 0 Å². The van der Waals surface area contributed by atoms with Gasteiger partial charge in [-0.15, -0.1) is 0 Å². The first-order chi connectivity index (χ1) is 8.83. The summed E-state index contributed by atoms with van der Waals surface area (Å²) in [5.41, 5.74) is 0. The Hall–Kier alpha value is -0.600. The molecule has 0 aliphatic heterocycles. The Balaban J connectivity index is 0. The van der Waals surface area contributed by atoms with Crippen molar-refractivity contribution in [1.82, 2.24) is 0 Å². The minimum atomic E-state index is 0.343. The van der Waals surface area contributed by atoms with Crippen LogP contribution in [0.2, 0.25) is 0 Å². The third-order valence-electron chi connectivity index (χ3n) is 2.53. The van der Waals surface area contributed by atoms with E-state index in [1.54, 1.807) is 0 Å². The standard InChI is InChI=1S/2C8H16O/c2*1-2-3-4-5-6-7-8-9/h2*2-3,9H,4-8H2,1H3. The van der Waals surface area contributed by atoms with Crippen molar-refractivity contribution in [2.24, 2.45) is 0 Å². The molecule has 18 heavy (non-hydrogen) atoms. The third-order valence-corrected chi connectivity index (χ3v) is 2.53. The molecule has 0 saturated heterocycles. The molecule has 0 aromatic carbocycles. The highest BCUT2D eigenvalue weighted by atomic mass is 16.3. The predicted octanol–water partition coefficient (Wildman–Crippen LogP) is 4.23. The fraction of sp³-hybridized carbons (Fsp3) is 0.750. The summed E-state index contributed by atoms with van der Waals surface area (Å²) in [5.74, 6) is 0. The molecule has 0 bridgehead atoms. The molecular weight excluding hydrogens is 224 g/mol. The molecule has 2 nitrogen and oxygen atoms in total. The van der Waals surface area contributed by atoms with Gasteiger partial charge in [-0.25, -0.2) is 0 Å². The molecule has 2 heteroatoms. The topological polar surface area (TPSA) is 40.5 Å². The summed E-state index contributed by atoms with van der Waals surface area (Å²) in [7, 11) is 0.